The summed E-state index contributed by atoms with van der Waals surface area (Å²) < 4.78 is 6.16. The van der Waals surface area contributed by atoms with Gasteiger partial charge in [-0.05, 0) is 37.3 Å². The SMILES string of the molecule is CC(Cc1ccco1)NC(=O)c1ccc(Br)cc1S. The van der Waals surface area contributed by atoms with Crippen molar-refractivity contribution < 1.29 is 9.21 Å². The average Bonchev–Trinajstić information content (AvgIpc) is 2.81. The van der Waals surface area contributed by atoms with Crippen LogP contribution in [0.25, 0.3) is 0 Å². The van der Waals surface area contributed by atoms with E-state index in [0.717, 1.165) is 10.2 Å². The Kier molecular flexibility index (Phi) is 4.71. The number of halogens is 1. The molecule has 3 nitrogen and oxygen atoms in total. The van der Waals surface area contributed by atoms with Crippen LogP contribution in [-0.2, 0) is 6.42 Å². The smallest absolute Gasteiger partial charge is 0.252 e. The molecular weight excluding hydrogens is 326 g/mol. The van der Waals surface area contributed by atoms with Crippen molar-refractivity contribution in [3.63, 3.8) is 0 Å². The van der Waals surface area contributed by atoms with Crippen molar-refractivity contribution in [1.82, 2.24) is 5.32 Å². The number of carbonyl (C=O) groups is 1. The van der Waals surface area contributed by atoms with E-state index in [1.54, 1.807) is 18.4 Å². The number of rotatable bonds is 4. The second-order valence-corrected chi connectivity index (χ2v) is 5.72. The van der Waals surface area contributed by atoms with E-state index in [-0.39, 0.29) is 11.9 Å². The molecule has 2 aromatic rings. The Morgan fingerprint density at radius 2 is 2.26 bits per heavy atom. The lowest BCUT2D eigenvalue weighted by molar-refractivity contribution is 0.0936. The van der Waals surface area contributed by atoms with Crippen molar-refractivity contribution >= 4 is 34.5 Å². The quantitative estimate of drug-likeness (QED) is 0.834. The normalized spacial score (nSPS) is 12.2. The molecule has 1 aromatic carbocycles. The maximum Gasteiger partial charge on any atom is 0.252 e. The van der Waals surface area contributed by atoms with E-state index >= 15 is 0 Å². The summed E-state index contributed by atoms with van der Waals surface area (Å²) in [5.41, 5.74) is 0.567. The van der Waals surface area contributed by atoms with E-state index in [9.17, 15) is 4.79 Å². The third-order valence-electron chi connectivity index (χ3n) is 2.67. The number of hydrogen-bond donors (Lipinski definition) is 2. The van der Waals surface area contributed by atoms with E-state index in [2.05, 4.69) is 33.9 Å². The zero-order valence-electron chi connectivity index (χ0n) is 10.4. The molecule has 0 aliphatic rings. The molecule has 0 aliphatic heterocycles. The monoisotopic (exact) mass is 339 g/mol. The minimum absolute atomic E-state index is 0.00460. The van der Waals surface area contributed by atoms with Crippen LogP contribution in [0.2, 0.25) is 0 Å². The molecule has 0 fully saturated rings. The summed E-state index contributed by atoms with van der Waals surface area (Å²) in [5, 5.41) is 2.93. The molecule has 0 saturated heterocycles. The molecule has 1 unspecified atom stereocenters. The van der Waals surface area contributed by atoms with Gasteiger partial charge in [-0.2, -0.15) is 0 Å². The average molecular weight is 340 g/mol. The number of hydrogen-bond acceptors (Lipinski definition) is 3. The van der Waals surface area contributed by atoms with Gasteiger partial charge in [-0.25, -0.2) is 0 Å². The molecule has 0 aliphatic carbocycles. The molecule has 0 spiro atoms. The highest BCUT2D eigenvalue weighted by atomic mass is 79.9. The molecular formula is C14H14BrNO2S. The summed E-state index contributed by atoms with van der Waals surface area (Å²) in [5.74, 6) is 0.728. The van der Waals surface area contributed by atoms with Crippen LogP contribution in [0.4, 0.5) is 0 Å². The lowest BCUT2D eigenvalue weighted by atomic mass is 10.1. The summed E-state index contributed by atoms with van der Waals surface area (Å²) in [6.45, 7) is 1.94. The third kappa shape index (κ3) is 3.88. The van der Waals surface area contributed by atoms with Gasteiger partial charge in [-0.3, -0.25) is 4.79 Å². The minimum atomic E-state index is -0.128. The molecule has 0 saturated carbocycles. The number of thiol groups is 1. The van der Waals surface area contributed by atoms with E-state index in [4.69, 9.17) is 4.42 Å². The zero-order valence-corrected chi connectivity index (χ0v) is 12.9. The number of nitrogens with one attached hydrogen (secondary N) is 1. The Morgan fingerprint density at radius 1 is 1.47 bits per heavy atom. The highest BCUT2D eigenvalue weighted by Gasteiger charge is 2.13. The largest absolute Gasteiger partial charge is 0.469 e. The molecule has 100 valence electrons. The van der Waals surface area contributed by atoms with Crippen molar-refractivity contribution in [2.75, 3.05) is 0 Å². The van der Waals surface area contributed by atoms with E-state index < -0.39 is 0 Å². The predicted octanol–water partition coefficient (Wildman–Crippen LogP) is 3.69. The highest BCUT2D eigenvalue weighted by Crippen LogP contribution is 2.20. The fourth-order valence-electron chi connectivity index (χ4n) is 1.78. The van der Waals surface area contributed by atoms with Gasteiger partial charge in [0.2, 0.25) is 0 Å². The van der Waals surface area contributed by atoms with Crippen LogP contribution in [-0.4, -0.2) is 11.9 Å². The van der Waals surface area contributed by atoms with Gasteiger partial charge in [0.15, 0.2) is 0 Å². The van der Waals surface area contributed by atoms with Crippen LogP contribution in [0, 0.1) is 0 Å². The Balaban J connectivity index is 2.00. The van der Waals surface area contributed by atoms with Crippen LogP contribution in [0.5, 0.6) is 0 Å². The Labute approximate surface area is 125 Å². The summed E-state index contributed by atoms with van der Waals surface area (Å²) in [6.07, 6.45) is 2.29. The first kappa shape index (κ1) is 14.2. The van der Waals surface area contributed by atoms with Gasteiger partial charge in [-0.15, -0.1) is 12.6 Å². The number of benzene rings is 1. The highest BCUT2D eigenvalue weighted by molar-refractivity contribution is 9.10. The van der Waals surface area contributed by atoms with Crippen LogP contribution in [0.1, 0.15) is 23.0 Å². The summed E-state index contributed by atoms with van der Waals surface area (Å²) in [4.78, 5) is 12.8. The molecule has 2 rings (SSSR count). The van der Waals surface area contributed by atoms with Gasteiger partial charge in [0.1, 0.15) is 5.76 Å². The van der Waals surface area contributed by atoms with Crippen LogP contribution < -0.4 is 5.32 Å². The number of furan rings is 1. The number of amides is 1. The van der Waals surface area contributed by atoms with Crippen molar-refractivity contribution in [2.45, 2.75) is 24.3 Å². The van der Waals surface area contributed by atoms with Crippen LogP contribution in [0.3, 0.4) is 0 Å². The van der Waals surface area contributed by atoms with Gasteiger partial charge < -0.3 is 9.73 Å². The van der Waals surface area contributed by atoms with Crippen LogP contribution >= 0.6 is 28.6 Å². The molecule has 1 atom stereocenters. The molecule has 0 radical (unpaired) electrons. The number of carbonyl (C=O) groups excluding carboxylic acids is 1. The van der Waals surface area contributed by atoms with Crippen molar-refractivity contribution in [3.05, 3.63) is 52.4 Å². The van der Waals surface area contributed by atoms with Gasteiger partial charge in [0.05, 0.1) is 11.8 Å². The van der Waals surface area contributed by atoms with Gasteiger partial charge >= 0.3 is 0 Å². The molecule has 1 heterocycles. The first-order valence-electron chi connectivity index (χ1n) is 5.88. The summed E-state index contributed by atoms with van der Waals surface area (Å²) in [7, 11) is 0. The van der Waals surface area contributed by atoms with Crippen LogP contribution in [0.15, 0.2) is 50.4 Å². The van der Waals surface area contributed by atoms with E-state index in [1.165, 1.54) is 0 Å². The Morgan fingerprint density at radius 3 is 2.89 bits per heavy atom. The molecule has 1 N–H and O–H groups in total. The van der Waals surface area contributed by atoms with Crippen molar-refractivity contribution in [3.8, 4) is 0 Å². The molecule has 5 heteroatoms. The first-order valence-corrected chi connectivity index (χ1v) is 7.12. The fourth-order valence-corrected chi connectivity index (χ4v) is 2.63. The fraction of sp³-hybridized carbons (Fsp3) is 0.214. The second kappa shape index (κ2) is 6.30. The zero-order chi connectivity index (χ0) is 13.8. The summed E-state index contributed by atoms with van der Waals surface area (Å²) >= 11 is 7.65. The minimum Gasteiger partial charge on any atom is -0.469 e. The molecule has 1 amide bonds. The lowest BCUT2D eigenvalue weighted by Gasteiger charge is -2.13. The van der Waals surface area contributed by atoms with Gasteiger partial charge in [0.25, 0.3) is 5.91 Å². The Bertz CT molecular complexity index is 569. The van der Waals surface area contributed by atoms with E-state index in [1.807, 2.05) is 25.1 Å². The maximum atomic E-state index is 12.1. The summed E-state index contributed by atoms with van der Waals surface area (Å²) in [6, 6.07) is 9.11. The van der Waals surface area contributed by atoms with Gasteiger partial charge in [-0.1, -0.05) is 15.9 Å². The maximum absolute atomic E-state index is 12.1. The second-order valence-electron chi connectivity index (χ2n) is 4.32. The molecule has 1 aromatic heterocycles. The van der Waals surface area contributed by atoms with Gasteiger partial charge in [0, 0.05) is 21.8 Å². The van der Waals surface area contributed by atoms with Crippen molar-refractivity contribution in [1.29, 1.82) is 0 Å². The Hall–Kier alpha value is -1.20. The predicted molar refractivity (Wildman–Crippen MR) is 80.7 cm³/mol. The van der Waals surface area contributed by atoms with E-state index in [0.29, 0.717) is 16.9 Å². The lowest BCUT2D eigenvalue weighted by Crippen LogP contribution is -2.34. The first-order chi connectivity index (χ1) is 9.06. The molecule has 0 bridgehead atoms. The topological polar surface area (TPSA) is 42.2 Å². The third-order valence-corrected chi connectivity index (χ3v) is 3.53. The molecule has 19 heavy (non-hydrogen) atoms. The van der Waals surface area contributed by atoms with Crippen molar-refractivity contribution in [2.24, 2.45) is 0 Å². The standard InChI is InChI=1S/C14H14BrNO2S/c1-9(7-11-3-2-6-18-11)16-14(17)12-5-4-10(15)8-13(12)19/h2-6,8-9,19H,7H2,1H3,(H,16,17).